The van der Waals surface area contributed by atoms with Crippen LogP contribution in [0.2, 0.25) is 0 Å². The average molecular weight is 342 g/mol. The fourth-order valence-corrected chi connectivity index (χ4v) is 4.15. The lowest BCUT2D eigenvalue weighted by atomic mass is 10.2. The Kier molecular flexibility index (Phi) is 4.82. The molecule has 1 heterocycles. The molecule has 0 spiro atoms. The standard InChI is InChI=1S/C14H15FN2O3S2/c1-3-11-5-7-14(21-11)22(19,20)17-13-8-10(15)4-6-12(13)16-9(2)18/h4-8,17H,3H2,1-2H3,(H,16,18). The third-order valence-electron chi connectivity index (χ3n) is 2.79. The van der Waals surface area contributed by atoms with Gasteiger partial charge in [0.2, 0.25) is 5.91 Å². The number of aryl methyl sites for hydroxylation is 1. The summed E-state index contributed by atoms with van der Waals surface area (Å²) in [5.41, 5.74) is 0.186. The zero-order chi connectivity index (χ0) is 16.3. The van der Waals surface area contributed by atoms with Gasteiger partial charge in [-0.1, -0.05) is 6.92 Å². The van der Waals surface area contributed by atoms with Gasteiger partial charge in [0.05, 0.1) is 11.4 Å². The number of nitrogens with one attached hydrogen (secondary N) is 2. The molecule has 0 saturated heterocycles. The minimum absolute atomic E-state index is 0.0124. The van der Waals surface area contributed by atoms with Crippen molar-refractivity contribution in [2.45, 2.75) is 24.5 Å². The maximum Gasteiger partial charge on any atom is 0.271 e. The van der Waals surface area contributed by atoms with Gasteiger partial charge in [0.25, 0.3) is 10.0 Å². The first-order chi connectivity index (χ1) is 10.3. The minimum atomic E-state index is -3.83. The molecule has 0 radical (unpaired) electrons. The van der Waals surface area contributed by atoms with Gasteiger partial charge in [0, 0.05) is 17.9 Å². The van der Waals surface area contributed by atoms with Crippen LogP contribution in [0.5, 0.6) is 0 Å². The Morgan fingerprint density at radius 2 is 1.95 bits per heavy atom. The van der Waals surface area contributed by atoms with Crippen LogP contribution in [-0.2, 0) is 21.2 Å². The molecule has 0 aliphatic carbocycles. The number of anilines is 2. The fraction of sp³-hybridized carbons (Fsp3) is 0.214. The second-order valence-electron chi connectivity index (χ2n) is 4.55. The lowest BCUT2D eigenvalue weighted by Crippen LogP contribution is -2.15. The molecule has 0 bridgehead atoms. The number of rotatable bonds is 5. The van der Waals surface area contributed by atoms with Crippen LogP contribution in [-0.4, -0.2) is 14.3 Å². The van der Waals surface area contributed by atoms with E-state index >= 15 is 0 Å². The number of carbonyl (C=O) groups is 1. The molecule has 118 valence electrons. The summed E-state index contributed by atoms with van der Waals surface area (Å²) < 4.78 is 40.5. The van der Waals surface area contributed by atoms with Crippen molar-refractivity contribution in [3.63, 3.8) is 0 Å². The van der Waals surface area contributed by atoms with Crippen molar-refractivity contribution >= 4 is 38.6 Å². The molecule has 8 heteroatoms. The average Bonchev–Trinajstić information content (AvgIpc) is 2.91. The molecule has 2 rings (SSSR count). The third kappa shape index (κ3) is 3.83. The first-order valence-electron chi connectivity index (χ1n) is 6.50. The van der Waals surface area contributed by atoms with Crippen molar-refractivity contribution in [2.24, 2.45) is 0 Å². The van der Waals surface area contributed by atoms with E-state index in [0.29, 0.717) is 0 Å². The lowest BCUT2D eigenvalue weighted by Gasteiger charge is -2.12. The van der Waals surface area contributed by atoms with Gasteiger partial charge in [-0.15, -0.1) is 11.3 Å². The van der Waals surface area contributed by atoms with E-state index in [1.807, 2.05) is 6.92 Å². The summed E-state index contributed by atoms with van der Waals surface area (Å²) in [6.07, 6.45) is 0.733. The van der Waals surface area contributed by atoms with Gasteiger partial charge in [-0.25, -0.2) is 12.8 Å². The Balaban J connectivity index is 2.36. The summed E-state index contributed by atoms with van der Waals surface area (Å²) in [6.45, 7) is 3.21. The van der Waals surface area contributed by atoms with Crippen molar-refractivity contribution in [1.82, 2.24) is 0 Å². The smallest absolute Gasteiger partial charge is 0.271 e. The Hall–Kier alpha value is -1.93. The number of benzene rings is 1. The Bertz CT molecular complexity index is 800. The highest BCUT2D eigenvalue weighted by Gasteiger charge is 2.19. The number of amides is 1. The van der Waals surface area contributed by atoms with E-state index in [2.05, 4.69) is 10.0 Å². The van der Waals surface area contributed by atoms with E-state index < -0.39 is 15.8 Å². The summed E-state index contributed by atoms with van der Waals surface area (Å²) in [6, 6.07) is 6.71. The molecule has 0 aliphatic rings. The summed E-state index contributed by atoms with van der Waals surface area (Å²) in [5.74, 6) is -0.983. The second-order valence-corrected chi connectivity index (χ2v) is 7.63. The maximum atomic E-state index is 13.4. The maximum absolute atomic E-state index is 13.4. The number of carbonyl (C=O) groups excluding carboxylic acids is 1. The topological polar surface area (TPSA) is 75.3 Å². The van der Waals surface area contributed by atoms with Gasteiger partial charge in [0.15, 0.2) is 0 Å². The van der Waals surface area contributed by atoms with E-state index in [0.717, 1.165) is 34.8 Å². The van der Waals surface area contributed by atoms with E-state index in [1.54, 1.807) is 6.07 Å². The monoisotopic (exact) mass is 342 g/mol. The van der Waals surface area contributed by atoms with Crippen LogP contribution in [0.4, 0.5) is 15.8 Å². The van der Waals surface area contributed by atoms with Crippen LogP contribution in [0.1, 0.15) is 18.7 Å². The molecule has 0 saturated carbocycles. The molecule has 2 N–H and O–H groups in total. The van der Waals surface area contributed by atoms with E-state index in [-0.39, 0.29) is 21.5 Å². The highest BCUT2D eigenvalue weighted by atomic mass is 32.2. The van der Waals surface area contributed by atoms with E-state index in [4.69, 9.17) is 0 Å². The molecule has 5 nitrogen and oxygen atoms in total. The van der Waals surface area contributed by atoms with Gasteiger partial charge < -0.3 is 5.32 Å². The summed E-state index contributed by atoms with van der Waals surface area (Å²) in [4.78, 5) is 12.1. The van der Waals surface area contributed by atoms with Crippen LogP contribution in [0.15, 0.2) is 34.5 Å². The predicted molar refractivity (Wildman–Crippen MR) is 85.2 cm³/mol. The Labute approximate surface area is 132 Å². The zero-order valence-electron chi connectivity index (χ0n) is 12.0. The van der Waals surface area contributed by atoms with Gasteiger partial charge >= 0.3 is 0 Å². The predicted octanol–water partition coefficient (Wildman–Crippen LogP) is 3.21. The lowest BCUT2D eigenvalue weighted by molar-refractivity contribution is -0.114. The molecule has 1 aromatic carbocycles. The second kappa shape index (κ2) is 6.45. The summed E-state index contributed by atoms with van der Waals surface area (Å²) in [7, 11) is -3.83. The van der Waals surface area contributed by atoms with Crippen molar-refractivity contribution in [2.75, 3.05) is 10.0 Å². The van der Waals surface area contributed by atoms with Crippen molar-refractivity contribution < 1.29 is 17.6 Å². The molecular weight excluding hydrogens is 327 g/mol. The van der Waals surface area contributed by atoms with Gasteiger partial charge in [-0.2, -0.15) is 0 Å². The highest BCUT2D eigenvalue weighted by Crippen LogP contribution is 2.28. The van der Waals surface area contributed by atoms with Gasteiger partial charge in [-0.05, 0) is 30.7 Å². The Morgan fingerprint density at radius 3 is 2.55 bits per heavy atom. The SMILES string of the molecule is CCc1ccc(S(=O)(=O)Nc2cc(F)ccc2NC(C)=O)s1. The quantitative estimate of drug-likeness (QED) is 0.876. The van der Waals surface area contributed by atoms with Crippen LogP contribution in [0.25, 0.3) is 0 Å². The molecule has 1 aromatic heterocycles. The van der Waals surface area contributed by atoms with Crippen LogP contribution in [0.3, 0.4) is 0 Å². The number of hydrogen-bond donors (Lipinski definition) is 2. The molecule has 0 atom stereocenters. The highest BCUT2D eigenvalue weighted by molar-refractivity contribution is 7.94. The molecular formula is C14H15FN2O3S2. The normalized spacial score (nSPS) is 11.2. The van der Waals surface area contributed by atoms with Crippen LogP contribution >= 0.6 is 11.3 Å². The third-order valence-corrected chi connectivity index (χ3v) is 5.87. The summed E-state index contributed by atoms with van der Waals surface area (Å²) >= 11 is 1.15. The van der Waals surface area contributed by atoms with Crippen molar-refractivity contribution in [3.05, 3.63) is 41.0 Å². The number of sulfonamides is 1. The first kappa shape index (κ1) is 16.4. The summed E-state index contributed by atoms with van der Waals surface area (Å²) in [5, 5.41) is 2.46. The fourth-order valence-electron chi connectivity index (χ4n) is 1.79. The molecule has 0 aliphatic heterocycles. The first-order valence-corrected chi connectivity index (χ1v) is 8.80. The Morgan fingerprint density at radius 1 is 1.23 bits per heavy atom. The molecule has 2 aromatic rings. The van der Waals surface area contributed by atoms with E-state index in [1.165, 1.54) is 19.1 Å². The van der Waals surface area contributed by atoms with Crippen LogP contribution in [0, 0.1) is 5.82 Å². The zero-order valence-corrected chi connectivity index (χ0v) is 13.6. The van der Waals surface area contributed by atoms with Crippen LogP contribution < -0.4 is 10.0 Å². The number of hydrogen-bond acceptors (Lipinski definition) is 4. The van der Waals surface area contributed by atoms with Crippen molar-refractivity contribution in [1.29, 1.82) is 0 Å². The van der Waals surface area contributed by atoms with Crippen molar-refractivity contribution in [3.8, 4) is 0 Å². The number of halogens is 1. The molecule has 1 amide bonds. The molecule has 0 fully saturated rings. The molecule has 22 heavy (non-hydrogen) atoms. The molecule has 0 unspecified atom stereocenters. The van der Waals surface area contributed by atoms with Gasteiger partial charge in [-0.3, -0.25) is 9.52 Å². The largest absolute Gasteiger partial charge is 0.325 e. The number of thiophene rings is 1. The van der Waals surface area contributed by atoms with E-state index in [9.17, 15) is 17.6 Å². The minimum Gasteiger partial charge on any atom is -0.325 e. The van der Waals surface area contributed by atoms with Gasteiger partial charge in [0.1, 0.15) is 10.0 Å².